The summed E-state index contributed by atoms with van der Waals surface area (Å²) in [4.78, 5) is 45.3. The number of anilines is 1. The third kappa shape index (κ3) is 3.85. The fourth-order valence-corrected chi connectivity index (χ4v) is 2.95. The van der Waals surface area contributed by atoms with E-state index >= 15 is 0 Å². The number of nitrogens with zero attached hydrogens (tertiary/aromatic N) is 3. The van der Waals surface area contributed by atoms with Crippen molar-refractivity contribution in [1.29, 1.82) is 0 Å². The van der Waals surface area contributed by atoms with Crippen LogP contribution in [0, 0.1) is 0 Å². The van der Waals surface area contributed by atoms with Crippen LogP contribution < -0.4 is 5.32 Å². The molecule has 2 aromatic rings. The molecular weight excluding hydrogens is 336 g/mol. The predicted molar refractivity (Wildman–Crippen MR) is 92.7 cm³/mol. The van der Waals surface area contributed by atoms with E-state index < -0.39 is 17.9 Å². The summed E-state index contributed by atoms with van der Waals surface area (Å²) in [5.74, 6) is -1.74. The third-order valence-corrected chi connectivity index (χ3v) is 4.24. The average Bonchev–Trinajstić information content (AvgIpc) is 2.68. The van der Waals surface area contributed by atoms with Crippen molar-refractivity contribution in [2.45, 2.75) is 25.3 Å². The van der Waals surface area contributed by atoms with Gasteiger partial charge in [-0.25, -0.2) is 14.8 Å². The molecule has 26 heavy (non-hydrogen) atoms. The van der Waals surface area contributed by atoms with Crippen molar-refractivity contribution in [2.75, 3.05) is 11.9 Å². The standard InChI is InChI=1S/C18H18N4O4/c23-16(13-9-19-11-20-10-13)21-14-5-3-4-12(8-14)17(24)22-7-2-1-6-15(22)18(25)26/h3-5,8-11,15H,1-2,6-7H2,(H,21,23)(H,25,26). The van der Waals surface area contributed by atoms with Crippen LogP contribution in [-0.2, 0) is 4.79 Å². The molecule has 1 atom stereocenters. The molecule has 2 N–H and O–H groups in total. The van der Waals surface area contributed by atoms with E-state index in [1.54, 1.807) is 18.2 Å². The van der Waals surface area contributed by atoms with Gasteiger partial charge in [-0.3, -0.25) is 9.59 Å². The number of carboxylic acids is 1. The highest BCUT2D eigenvalue weighted by Crippen LogP contribution is 2.21. The SMILES string of the molecule is O=C(Nc1cccc(C(=O)N2CCCCC2C(=O)O)c1)c1cncnc1. The molecule has 8 heteroatoms. The highest BCUT2D eigenvalue weighted by molar-refractivity contribution is 6.05. The van der Waals surface area contributed by atoms with Crippen LogP contribution in [0.1, 0.15) is 40.0 Å². The molecule has 0 saturated carbocycles. The Morgan fingerprint density at radius 1 is 1.12 bits per heavy atom. The van der Waals surface area contributed by atoms with E-state index in [-0.39, 0.29) is 5.91 Å². The Morgan fingerprint density at radius 2 is 1.88 bits per heavy atom. The summed E-state index contributed by atoms with van der Waals surface area (Å²) in [5, 5.41) is 12.0. The highest BCUT2D eigenvalue weighted by atomic mass is 16.4. The number of rotatable bonds is 4. The first-order valence-electron chi connectivity index (χ1n) is 8.26. The van der Waals surface area contributed by atoms with E-state index in [0.29, 0.717) is 29.8 Å². The maximum atomic E-state index is 12.8. The molecule has 1 unspecified atom stereocenters. The monoisotopic (exact) mass is 354 g/mol. The molecular formula is C18H18N4O4. The predicted octanol–water partition coefficient (Wildman–Crippen LogP) is 1.81. The Hall–Kier alpha value is -3.29. The van der Waals surface area contributed by atoms with Crippen LogP contribution >= 0.6 is 0 Å². The van der Waals surface area contributed by atoms with Crippen LogP contribution in [0.5, 0.6) is 0 Å². The lowest BCUT2D eigenvalue weighted by atomic mass is 10.0. The van der Waals surface area contributed by atoms with E-state index in [0.717, 1.165) is 12.8 Å². The summed E-state index contributed by atoms with van der Waals surface area (Å²) in [6.45, 7) is 0.410. The van der Waals surface area contributed by atoms with Gasteiger partial charge in [0.15, 0.2) is 0 Å². The van der Waals surface area contributed by atoms with Crippen molar-refractivity contribution in [3.8, 4) is 0 Å². The molecule has 134 valence electrons. The molecule has 3 rings (SSSR count). The number of aliphatic carboxylic acids is 1. The largest absolute Gasteiger partial charge is 0.480 e. The van der Waals surface area contributed by atoms with Crippen LogP contribution in [0.2, 0.25) is 0 Å². The minimum Gasteiger partial charge on any atom is -0.480 e. The minimum atomic E-state index is -0.994. The molecule has 0 bridgehead atoms. The zero-order valence-corrected chi connectivity index (χ0v) is 14.0. The van der Waals surface area contributed by atoms with Crippen molar-refractivity contribution in [2.24, 2.45) is 0 Å². The minimum absolute atomic E-state index is 0.297. The van der Waals surface area contributed by atoms with Crippen LogP contribution in [0.3, 0.4) is 0 Å². The summed E-state index contributed by atoms with van der Waals surface area (Å²) in [7, 11) is 0. The Labute approximate surface area is 149 Å². The molecule has 1 aliphatic heterocycles. The fraction of sp³-hybridized carbons (Fsp3) is 0.278. The van der Waals surface area contributed by atoms with Gasteiger partial charge in [-0.2, -0.15) is 0 Å². The van der Waals surface area contributed by atoms with Crippen LogP contribution in [-0.4, -0.2) is 50.3 Å². The number of hydrogen-bond donors (Lipinski definition) is 2. The normalized spacial score (nSPS) is 16.8. The molecule has 0 radical (unpaired) electrons. The Bertz CT molecular complexity index is 825. The summed E-state index contributed by atoms with van der Waals surface area (Å²) in [6.07, 6.45) is 6.13. The van der Waals surface area contributed by atoms with Gasteiger partial charge in [0.05, 0.1) is 5.56 Å². The number of nitrogens with one attached hydrogen (secondary N) is 1. The third-order valence-electron chi connectivity index (χ3n) is 4.24. The maximum Gasteiger partial charge on any atom is 0.326 e. The molecule has 1 fully saturated rings. The number of amides is 2. The lowest BCUT2D eigenvalue weighted by Gasteiger charge is -2.33. The summed E-state index contributed by atoms with van der Waals surface area (Å²) < 4.78 is 0. The van der Waals surface area contributed by atoms with Crippen LogP contribution in [0.15, 0.2) is 43.0 Å². The van der Waals surface area contributed by atoms with E-state index in [2.05, 4.69) is 15.3 Å². The van der Waals surface area contributed by atoms with Crippen molar-refractivity contribution < 1.29 is 19.5 Å². The first kappa shape index (κ1) is 17.5. The number of piperidine rings is 1. The van der Waals surface area contributed by atoms with Crippen molar-refractivity contribution in [1.82, 2.24) is 14.9 Å². The fourth-order valence-electron chi connectivity index (χ4n) is 2.95. The highest BCUT2D eigenvalue weighted by Gasteiger charge is 2.32. The molecule has 1 aromatic heterocycles. The quantitative estimate of drug-likeness (QED) is 0.866. The second kappa shape index (κ2) is 7.73. The Morgan fingerprint density at radius 3 is 2.62 bits per heavy atom. The van der Waals surface area contributed by atoms with Gasteiger partial charge in [-0.05, 0) is 37.5 Å². The van der Waals surface area contributed by atoms with Gasteiger partial charge < -0.3 is 15.3 Å². The molecule has 1 aromatic carbocycles. The van der Waals surface area contributed by atoms with Gasteiger partial charge in [0.25, 0.3) is 11.8 Å². The van der Waals surface area contributed by atoms with E-state index in [1.807, 2.05) is 0 Å². The lowest BCUT2D eigenvalue weighted by Crippen LogP contribution is -2.48. The number of benzene rings is 1. The average molecular weight is 354 g/mol. The molecule has 2 heterocycles. The Balaban J connectivity index is 1.77. The number of carbonyl (C=O) groups is 3. The first-order chi connectivity index (χ1) is 12.6. The molecule has 8 nitrogen and oxygen atoms in total. The summed E-state index contributed by atoms with van der Waals surface area (Å²) in [5.41, 5.74) is 1.07. The number of hydrogen-bond acceptors (Lipinski definition) is 5. The zero-order chi connectivity index (χ0) is 18.5. The molecule has 1 aliphatic rings. The van der Waals surface area contributed by atoms with Gasteiger partial charge >= 0.3 is 5.97 Å². The molecule has 0 aliphatic carbocycles. The first-order valence-corrected chi connectivity index (χ1v) is 8.26. The summed E-state index contributed by atoms with van der Waals surface area (Å²) in [6, 6.07) is 5.64. The van der Waals surface area contributed by atoms with Gasteiger partial charge in [-0.1, -0.05) is 6.07 Å². The number of likely N-dealkylation sites (tertiary alicyclic amines) is 1. The van der Waals surface area contributed by atoms with E-state index in [9.17, 15) is 19.5 Å². The maximum absolute atomic E-state index is 12.8. The van der Waals surface area contributed by atoms with E-state index in [4.69, 9.17) is 0 Å². The molecule has 1 saturated heterocycles. The van der Waals surface area contributed by atoms with Crippen LogP contribution in [0.4, 0.5) is 5.69 Å². The second-order valence-corrected chi connectivity index (χ2v) is 6.01. The van der Waals surface area contributed by atoms with Crippen LogP contribution in [0.25, 0.3) is 0 Å². The lowest BCUT2D eigenvalue weighted by molar-refractivity contribution is -0.143. The molecule has 2 amide bonds. The number of carbonyl (C=O) groups excluding carboxylic acids is 2. The smallest absolute Gasteiger partial charge is 0.326 e. The van der Waals surface area contributed by atoms with Crippen molar-refractivity contribution in [3.05, 3.63) is 54.1 Å². The van der Waals surface area contributed by atoms with E-state index in [1.165, 1.54) is 29.7 Å². The topological polar surface area (TPSA) is 112 Å². The van der Waals surface area contributed by atoms with Gasteiger partial charge in [-0.15, -0.1) is 0 Å². The van der Waals surface area contributed by atoms with Crippen molar-refractivity contribution in [3.63, 3.8) is 0 Å². The Kier molecular flexibility index (Phi) is 5.21. The number of aromatic nitrogens is 2. The van der Waals surface area contributed by atoms with Gasteiger partial charge in [0.2, 0.25) is 0 Å². The van der Waals surface area contributed by atoms with Gasteiger partial charge in [0, 0.05) is 30.2 Å². The number of carboxylic acid groups (broad SMARTS) is 1. The zero-order valence-electron chi connectivity index (χ0n) is 14.0. The van der Waals surface area contributed by atoms with Crippen molar-refractivity contribution >= 4 is 23.5 Å². The van der Waals surface area contributed by atoms with Gasteiger partial charge in [0.1, 0.15) is 12.4 Å². The summed E-state index contributed by atoms with van der Waals surface area (Å²) >= 11 is 0. The molecule has 0 spiro atoms. The second-order valence-electron chi connectivity index (χ2n) is 6.01.